The van der Waals surface area contributed by atoms with E-state index in [1.165, 1.54) is 15.7 Å². The van der Waals surface area contributed by atoms with Gasteiger partial charge in [0.25, 0.3) is 10.2 Å². The molecule has 0 aromatic heterocycles. The second-order valence-corrected chi connectivity index (χ2v) is 7.21. The van der Waals surface area contributed by atoms with Crippen LogP contribution in [-0.4, -0.2) is 55.8 Å². The third-order valence-electron chi connectivity index (χ3n) is 3.33. The standard InChI is InChI=1S/C12H24N2O4S/c1-10(2)14(9-12(15)18-4)19(16,17)13-7-5-6-11(3)8-13/h10-11H,5-9H2,1-4H3. The number of ether oxygens (including phenoxy) is 1. The van der Waals surface area contributed by atoms with E-state index in [0.717, 1.165) is 12.8 Å². The lowest BCUT2D eigenvalue weighted by molar-refractivity contribution is -0.141. The maximum Gasteiger partial charge on any atom is 0.321 e. The Balaban J connectivity index is 2.89. The molecule has 1 atom stereocenters. The Morgan fingerprint density at radius 3 is 2.58 bits per heavy atom. The summed E-state index contributed by atoms with van der Waals surface area (Å²) < 4.78 is 32.4. The first-order valence-corrected chi connectivity index (χ1v) is 8.02. The Kier molecular flexibility index (Phi) is 5.76. The number of methoxy groups -OCH3 is 1. The van der Waals surface area contributed by atoms with Gasteiger partial charge in [-0.05, 0) is 32.6 Å². The smallest absolute Gasteiger partial charge is 0.321 e. The van der Waals surface area contributed by atoms with Crippen molar-refractivity contribution in [3.63, 3.8) is 0 Å². The van der Waals surface area contributed by atoms with Crippen LogP contribution >= 0.6 is 0 Å². The highest BCUT2D eigenvalue weighted by molar-refractivity contribution is 7.86. The summed E-state index contributed by atoms with van der Waals surface area (Å²) in [6, 6.07) is -0.277. The van der Waals surface area contributed by atoms with Crippen LogP contribution in [0.1, 0.15) is 33.6 Å². The van der Waals surface area contributed by atoms with Gasteiger partial charge in [0.1, 0.15) is 6.54 Å². The molecule has 1 aliphatic heterocycles. The quantitative estimate of drug-likeness (QED) is 0.705. The van der Waals surface area contributed by atoms with E-state index in [-0.39, 0.29) is 12.6 Å². The van der Waals surface area contributed by atoms with Crippen molar-refractivity contribution < 1.29 is 17.9 Å². The Hall–Kier alpha value is -0.660. The zero-order chi connectivity index (χ0) is 14.6. The van der Waals surface area contributed by atoms with Gasteiger partial charge >= 0.3 is 5.97 Å². The maximum atomic E-state index is 12.6. The Morgan fingerprint density at radius 1 is 1.47 bits per heavy atom. The number of carbonyl (C=O) groups is 1. The fourth-order valence-electron chi connectivity index (χ4n) is 2.23. The number of esters is 1. The average Bonchev–Trinajstić information content (AvgIpc) is 2.34. The maximum absolute atomic E-state index is 12.6. The largest absolute Gasteiger partial charge is 0.468 e. The SMILES string of the molecule is COC(=O)CN(C(C)C)S(=O)(=O)N1CCCC(C)C1. The molecule has 0 aromatic rings. The van der Waals surface area contributed by atoms with Gasteiger partial charge in [-0.15, -0.1) is 0 Å². The summed E-state index contributed by atoms with van der Waals surface area (Å²) in [5, 5.41) is 0. The normalized spacial score (nSPS) is 21.9. The first-order chi connectivity index (χ1) is 8.78. The molecule has 7 heteroatoms. The van der Waals surface area contributed by atoms with Crippen LogP contribution in [0.4, 0.5) is 0 Å². The molecule has 1 aliphatic rings. The lowest BCUT2D eigenvalue weighted by Gasteiger charge is -2.35. The van der Waals surface area contributed by atoms with Crippen LogP contribution in [0.15, 0.2) is 0 Å². The van der Waals surface area contributed by atoms with Crippen LogP contribution in [0.5, 0.6) is 0 Å². The molecule has 0 N–H and O–H groups in total. The number of nitrogens with zero attached hydrogens (tertiary/aromatic N) is 2. The summed E-state index contributed by atoms with van der Waals surface area (Å²) >= 11 is 0. The molecular formula is C12H24N2O4S. The van der Waals surface area contributed by atoms with Gasteiger partial charge in [-0.1, -0.05) is 6.92 Å². The van der Waals surface area contributed by atoms with Crippen molar-refractivity contribution in [2.24, 2.45) is 5.92 Å². The first-order valence-electron chi connectivity index (χ1n) is 6.62. The number of rotatable bonds is 5. The predicted octanol–water partition coefficient (Wildman–Crippen LogP) is 0.846. The van der Waals surface area contributed by atoms with Crippen LogP contribution < -0.4 is 0 Å². The third kappa shape index (κ3) is 4.15. The molecule has 1 unspecified atom stereocenters. The van der Waals surface area contributed by atoms with Crippen molar-refractivity contribution in [1.82, 2.24) is 8.61 Å². The third-order valence-corrected chi connectivity index (χ3v) is 5.46. The first kappa shape index (κ1) is 16.4. The minimum atomic E-state index is -3.60. The lowest BCUT2D eigenvalue weighted by atomic mass is 10.0. The van der Waals surface area contributed by atoms with Crippen LogP contribution in [0, 0.1) is 5.92 Å². The highest BCUT2D eigenvalue weighted by atomic mass is 32.2. The van der Waals surface area contributed by atoms with E-state index in [2.05, 4.69) is 4.74 Å². The molecule has 112 valence electrons. The minimum absolute atomic E-state index is 0.235. The molecule has 0 aromatic carbocycles. The molecule has 0 aliphatic carbocycles. The number of hydrogen-bond acceptors (Lipinski definition) is 4. The van der Waals surface area contributed by atoms with Gasteiger partial charge in [-0.3, -0.25) is 4.79 Å². The Morgan fingerprint density at radius 2 is 2.11 bits per heavy atom. The van der Waals surface area contributed by atoms with Crippen molar-refractivity contribution in [2.45, 2.75) is 39.7 Å². The molecule has 0 saturated carbocycles. The predicted molar refractivity (Wildman–Crippen MR) is 72.7 cm³/mol. The summed E-state index contributed by atoms with van der Waals surface area (Å²) in [4.78, 5) is 11.4. The van der Waals surface area contributed by atoms with E-state index in [4.69, 9.17) is 0 Å². The molecule has 1 heterocycles. The zero-order valence-electron chi connectivity index (χ0n) is 12.1. The van der Waals surface area contributed by atoms with Crippen molar-refractivity contribution in [2.75, 3.05) is 26.7 Å². The molecule has 1 rings (SSSR count). The Bertz CT molecular complexity index is 408. The van der Waals surface area contributed by atoms with Crippen molar-refractivity contribution in [3.05, 3.63) is 0 Å². The lowest BCUT2D eigenvalue weighted by Crippen LogP contribution is -2.51. The molecule has 6 nitrogen and oxygen atoms in total. The van der Waals surface area contributed by atoms with Gasteiger partial charge in [0.2, 0.25) is 0 Å². The summed E-state index contributed by atoms with van der Waals surface area (Å²) in [6.45, 7) is 6.37. The zero-order valence-corrected chi connectivity index (χ0v) is 12.9. The molecule has 0 bridgehead atoms. The highest BCUT2D eigenvalue weighted by Gasteiger charge is 2.35. The molecule has 0 spiro atoms. The average molecular weight is 292 g/mol. The van der Waals surface area contributed by atoms with Crippen LogP contribution in [0.3, 0.4) is 0 Å². The van der Waals surface area contributed by atoms with Gasteiger partial charge in [0.05, 0.1) is 7.11 Å². The molecule has 0 radical (unpaired) electrons. The van der Waals surface area contributed by atoms with Gasteiger partial charge in [-0.25, -0.2) is 0 Å². The van der Waals surface area contributed by atoms with E-state index in [1.54, 1.807) is 13.8 Å². The number of hydrogen-bond donors (Lipinski definition) is 0. The van der Waals surface area contributed by atoms with Gasteiger partial charge in [0, 0.05) is 19.1 Å². The highest BCUT2D eigenvalue weighted by Crippen LogP contribution is 2.21. The molecule has 1 saturated heterocycles. The van der Waals surface area contributed by atoms with Gasteiger partial charge < -0.3 is 4.74 Å². The fraction of sp³-hybridized carbons (Fsp3) is 0.917. The van der Waals surface area contributed by atoms with Crippen LogP contribution in [-0.2, 0) is 19.7 Å². The summed E-state index contributed by atoms with van der Waals surface area (Å²) in [6.07, 6.45) is 1.91. The van der Waals surface area contributed by atoms with Crippen LogP contribution in [0.2, 0.25) is 0 Å². The topological polar surface area (TPSA) is 66.9 Å². The van der Waals surface area contributed by atoms with Gasteiger partial charge in [0.15, 0.2) is 0 Å². The van der Waals surface area contributed by atoms with Gasteiger partial charge in [-0.2, -0.15) is 17.0 Å². The Labute approximate surface area is 115 Å². The minimum Gasteiger partial charge on any atom is -0.468 e. The molecular weight excluding hydrogens is 268 g/mol. The van der Waals surface area contributed by atoms with E-state index in [0.29, 0.717) is 19.0 Å². The molecule has 0 amide bonds. The van der Waals surface area contributed by atoms with Crippen LogP contribution in [0.25, 0.3) is 0 Å². The second kappa shape index (κ2) is 6.67. The van der Waals surface area contributed by atoms with E-state index in [1.807, 2.05) is 6.92 Å². The van der Waals surface area contributed by atoms with Crippen molar-refractivity contribution in [1.29, 1.82) is 0 Å². The summed E-state index contributed by atoms with van der Waals surface area (Å²) in [7, 11) is -2.34. The van der Waals surface area contributed by atoms with E-state index in [9.17, 15) is 13.2 Å². The van der Waals surface area contributed by atoms with Crippen molar-refractivity contribution >= 4 is 16.2 Å². The van der Waals surface area contributed by atoms with E-state index >= 15 is 0 Å². The number of piperidine rings is 1. The molecule has 19 heavy (non-hydrogen) atoms. The second-order valence-electron chi connectivity index (χ2n) is 5.33. The fourth-order valence-corrected chi connectivity index (χ4v) is 4.13. The molecule has 1 fully saturated rings. The monoisotopic (exact) mass is 292 g/mol. The number of carbonyl (C=O) groups excluding carboxylic acids is 1. The van der Waals surface area contributed by atoms with E-state index < -0.39 is 16.2 Å². The summed E-state index contributed by atoms with van der Waals surface area (Å²) in [5.74, 6) is -0.182. The van der Waals surface area contributed by atoms with Crippen molar-refractivity contribution in [3.8, 4) is 0 Å². The summed E-state index contributed by atoms with van der Waals surface area (Å²) in [5.41, 5.74) is 0.